The highest BCUT2D eigenvalue weighted by atomic mass is 32.1. The van der Waals surface area contributed by atoms with Crippen molar-refractivity contribution in [3.63, 3.8) is 0 Å². The predicted octanol–water partition coefficient (Wildman–Crippen LogP) is 3.78. The van der Waals surface area contributed by atoms with Crippen LogP contribution >= 0.6 is 11.3 Å². The Hall–Kier alpha value is -0.940. The van der Waals surface area contributed by atoms with Gasteiger partial charge in [0.1, 0.15) is 0 Å². The van der Waals surface area contributed by atoms with Crippen LogP contribution in [0.15, 0.2) is 5.38 Å². The van der Waals surface area contributed by atoms with Gasteiger partial charge in [0.25, 0.3) is 0 Å². The molecule has 2 saturated heterocycles. The molecule has 0 bridgehead atoms. The van der Waals surface area contributed by atoms with Gasteiger partial charge in [-0.2, -0.15) is 0 Å². The molecule has 0 radical (unpaired) electrons. The van der Waals surface area contributed by atoms with Crippen molar-refractivity contribution in [2.24, 2.45) is 0 Å². The van der Waals surface area contributed by atoms with Crippen LogP contribution in [0.3, 0.4) is 0 Å². The zero-order valence-corrected chi connectivity index (χ0v) is 15.6. The first-order chi connectivity index (χ1) is 11.7. The molecule has 1 aromatic heterocycles. The van der Waals surface area contributed by atoms with Gasteiger partial charge in [-0.3, -0.25) is 9.69 Å². The van der Waals surface area contributed by atoms with Crippen LogP contribution in [0, 0.1) is 0 Å². The summed E-state index contributed by atoms with van der Waals surface area (Å²) in [6, 6.07) is 0.964. The van der Waals surface area contributed by atoms with Crippen LogP contribution in [0.4, 0.5) is 0 Å². The highest BCUT2D eigenvalue weighted by Gasteiger charge is 2.38. The number of aromatic nitrogens is 1. The van der Waals surface area contributed by atoms with Crippen molar-refractivity contribution < 1.29 is 4.79 Å². The molecule has 4 nitrogen and oxygen atoms in total. The molecule has 1 saturated carbocycles. The van der Waals surface area contributed by atoms with E-state index in [2.05, 4.69) is 15.2 Å². The smallest absolute Gasteiger partial charge is 0.219 e. The third-order valence-corrected chi connectivity index (χ3v) is 7.26. The SMILES string of the molecule is CC(=O)N1CCC[C@@H]1[C@@H]1CCCN1Cc1csc(C2CCCC2)n1. The molecule has 24 heavy (non-hydrogen) atoms. The molecule has 1 amide bonds. The van der Waals surface area contributed by atoms with Crippen LogP contribution in [-0.4, -0.2) is 45.9 Å². The Morgan fingerprint density at radius 2 is 1.88 bits per heavy atom. The number of carbonyl (C=O) groups is 1. The molecule has 5 heteroatoms. The Labute approximate surface area is 149 Å². The number of nitrogens with zero attached hydrogens (tertiary/aromatic N) is 3. The molecular formula is C19H29N3OS. The van der Waals surface area contributed by atoms with Gasteiger partial charge < -0.3 is 4.90 Å². The maximum atomic E-state index is 11.9. The summed E-state index contributed by atoms with van der Waals surface area (Å²) in [7, 11) is 0. The minimum Gasteiger partial charge on any atom is -0.338 e. The second kappa shape index (κ2) is 7.12. The summed E-state index contributed by atoms with van der Waals surface area (Å²) in [5.74, 6) is 0.975. The fraction of sp³-hybridized carbons (Fsp3) is 0.789. The van der Waals surface area contributed by atoms with Crippen LogP contribution in [-0.2, 0) is 11.3 Å². The van der Waals surface area contributed by atoms with E-state index in [1.807, 2.05) is 11.3 Å². The van der Waals surface area contributed by atoms with Gasteiger partial charge in [0.05, 0.1) is 10.7 Å². The molecule has 3 aliphatic rings. The number of rotatable bonds is 4. The zero-order valence-electron chi connectivity index (χ0n) is 14.7. The summed E-state index contributed by atoms with van der Waals surface area (Å²) in [6.07, 6.45) is 10.2. The van der Waals surface area contributed by atoms with Gasteiger partial charge >= 0.3 is 0 Å². The van der Waals surface area contributed by atoms with Gasteiger partial charge in [-0.1, -0.05) is 12.8 Å². The van der Waals surface area contributed by atoms with Crippen LogP contribution in [0.5, 0.6) is 0 Å². The zero-order chi connectivity index (χ0) is 16.5. The Bertz CT molecular complexity index is 581. The molecule has 1 aromatic rings. The van der Waals surface area contributed by atoms with Crippen molar-refractivity contribution in [1.82, 2.24) is 14.8 Å². The summed E-state index contributed by atoms with van der Waals surface area (Å²) in [4.78, 5) is 21.6. The number of amides is 1. The maximum Gasteiger partial charge on any atom is 0.219 e. The quantitative estimate of drug-likeness (QED) is 0.832. The lowest BCUT2D eigenvalue weighted by molar-refractivity contribution is -0.130. The highest BCUT2D eigenvalue weighted by Crippen LogP contribution is 2.36. The normalized spacial score (nSPS) is 29.0. The van der Waals surface area contributed by atoms with E-state index in [9.17, 15) is 4.79 Å². The second-order valence-corrected chi connectivity index (χ2v) is 8.65. The fourth-order valence-corrected chi connectivity index (χ4v) is 6.01. The molecule has 3 heterocycles. The molecule has 0 spiro atoms. The van der Waals surface area contributed by atoms with Gasteiger partial charge in [-0.25, -0.2) is 4.98 Å². The van der Waals surface area contributed by atoms with Crippen LogP contribution in [0.1, 0.15) is 74.9 Å². The van der Waals surface area contributed by atoms with Crippen molar-refractivity contribution in [3.05, 3.63) is 16.1 Å². The first kappa shape index (κ1) is 16.5. The number of carbonyl (C=O) groups excluding carboxylic acids is 1. The molecular weight excluding hydrogens is 318 g/mol. The summed E-state index contributed by atoms with van der Waals surface area (Å²) < 4.78 is 0. The third-order valence-electron chi connectivity index (χ3n) is 6.20. The van der Waals surface area contributed by atoms with Gasteiger partial charge in [0.2, 0.25) is 5.91 Å². The standard InChI is InChI=1S/C19H29N3OS/c1-14(23)22-11-5-9-18(22)17-8-4-10-21(17)12-16-13-24-19(20-16)15-6-2-3-7-15/h13,15,17-18H,2-12H2,1H3/t17-,18+/m0/s1. The largest absolute Gasteiger partial charge is 0.338 e. The maximum absolute atomic E-state index is 11.9. The van der Waals surface area contributed by atoms with Gasteiger partial charge in [-0.05, 0) is 45.1 Å². The summed E-state index contributed by atoms with van der Waals surface area (Å²) >= 11 is 1.87. The monoisotopic (exact) mass is 347 g/mol. The number of hydrogen-bond acceptors (Lipinski definition) is 4. The minimum absolute atomic E-state index is 0.251. The van der Waals surface area contributed by atoms with Crippen molar-refractivity contribution in [2.75, 3.05) is 13.1 Å². The third kappa shape index (κ3) is 3.25. The average Bonchev–Trinajstić information content (AvgIpc) is 3.35. The number of thiazole rings is 1. The van der Waals surface area contributed by atoms with Gasteiger partial charge in [0, 0.05) is 43.4 Å². The predicted molar refractivity (Wildman–Crippen MR) is 97.2 cm³/mol. The van der Waals surface area contributed by atoms with Gasteiger partial charge in [-0.15, -0.1) is 11.3 Å². The van der Waals surface area contributed by atoms with E-state index in [1.165, 1.54) is 55.6 Å². The van der Waals surface area contributed by atoms with Crippen LogP contribution in [0.2, 0.25) is 0 Å². The van der Waals surface area contributed by atoms with E-state index in [0.717, 1.165) is 32.0 Å². The van der Waals surface area contributed by atoms with Crippen molar-refractivity contribution >= 4 is 17.2 Å². The fourth-order valence-electron chi connectivity index (χ4n) is 5.03. The Kier molecular flexibility index (Phi) is 4.90. The lowest BCUT2D eigenvalue weighted by atomic mass is 10.0. The summed E-state index contributed by atoms with van der Waals surface area (Å²) in [5.41, 5.74) is 1.25. The van der Waals surface area contributed by atoms with Crippen LogP contribution < -0.4 is 0 Å². The average molecular weight is 348 g/mol. The lowest BCUT2D eigenvalue weighted by Gasteiger charge is -2.34. The molecule has 132 valence electrons. The molecule has 1 aliphatic carbocycles. The van der Waals surface area contributed by atoms with E-state index < -0.39 is 0 Å². The highest BCUT2D eigenvalue weighted by molar-refractivity contribution is 7.09. The topological polar surface area (TPSA) is 36.4 Å². The minimum atomic E-state index is 0.251. The van der Waals surface area contributed by atoms with E-state index in [4.69, 9.17) is 4.98 Å². The van der Waals surface area contributed by atoms with E-state index in [1.54, 1.807) is 6.92 Å². The molecule has 0 N–H and O–H groups in total. The first-order valence-electron chi connectivity index (χ1n) is 9.68. The Morgan fingerprint density at radius 3 is 2.67 bits per heavy atom. The van der Waals surface area contributed by atoms with Crippen molar-refractivity contribution in [1.29, 1.82) is 0 Å². The molecule has 0 aromatic carbocycles. The van der Waals surface area contributed by atoms with Crippen molar-refractivity contribution in [3.8, 4) is 0 Å². The first-order valence-corrected chi connectivity index (χ1v) is 10.6. The molecule has 4 rings (SSSR count). The Balaban J connectivity index is 1.42. The van der Waals surface area contributed by atoms with E-state index in [-0.39, 0.29) is 5.91 Å². The summed E-state index contributed by atoms with van der Waals surface area (Å²) in [5, 5.41) is 3.64. The summed E-state index contributed by atoms with van der Waals surface area (Å²) in [6.45, 7) is 4.80. The number of hydrogen-bond donors (Lipinski definition) is 0. The molecule has 0 unspecified atom stereocenters. The second-order valence-electron chi connectivity index (χ2n) is 7.76. The van der Waals surface area contributed by atoms with Gasteiger partial charge in [0.15, 0.2) is 0 Å². The van der Waals surface area contributed by atoms with E-state index in [0.29, 0.717) is 12.1 Å². The lowest BCUT2D eigenvalue weighted by Crippen LogP contribution is -2.47. The van der Waals surface area contributed by atoms with Crippen molar-refractivity contribution in [2.45, 2.75) is 82.8 Å². The molecule has 3 fully saturated rings. The van der Waals surface area contributed by atoms with Crippen LogP contribution in [0.25, 0.3) is 0 Å². The number of likely N-dealkylation sites (tertiary alicyclic amines) is 2. The van der Waals surface area contributed by atoms with E-state index >= 15 is 0 Å². The molecule has 2 atom stereocenters. The Morgan fingerprint density at radius 1 is 1.12 bits per heavy atom. The molecule has 2 aliphatic heterocycles.